The molecule has 2 N–H and O–H groups in total. The molecule has 0 saturated carbocycles. The molecule has 3 rings (SSSR count). The van der Waals surface area contributed by atoms with Crippen LogP contribution in [0.2, 0.25) is 0 Å². The van der Waals surface area contributed by atoms with Gasteiger partial charge in [-0.3, -0.25) is 0 Å². The predicted molar refractivity (Wildman–Crippen MR) is 116 cm³/mol. The molecule has 2 aliphatic rings. The fraction of sp³-hybridized carbons (Fsp3) is 0.682. The smallest absolute Gasteiger partial charge is 0.444 e. The summed E-state index contributed by atoms with van der Waals surface area (Å²) in [5, 5.41) is 0. The second-order valence-corrected chi connectivity index (χ2v) is 10.3. The van der Waals surface area contributed by atoms with Gasteiger partial charge in [-0.2, -0.15) is 0 Å². The zero-order chi connectivity index (χ0) is 21.6. The molecule has 1 amide bonds. The lowest BCUT2D eigenvalue weighted by atomic mass is 9.76. The normalized spacial score (nSPS) is 23.9. The van der Waals surface area contributed by atoms with Crippen molar-refractivity contribution in [3.63, 3.8) is 0 Å². The van der Waals surface area contributed by atoms with Crippen molar-refractivity contribution < 1.29 is 18.8 Å². The third kappa shape index (κ3) is 4.89. The maximum absolute atomic E-state index is 12.5. The van der Waals surface area contributed by atoms with E-state index in [1.54, 1.807) is 4.90 Å². The Balaban J connectivity index is 1.79. The number of nitrogens with zero attached hydrogens (tertiary/aromatic N) is 1. The molecular weight excluding hydrogens is 367 g/mol. The van der Waals surface area contributed by atoms with Crippen molar-refractivity contribution in [2.75, 3.05) is 18.8 Å². The first kappa shape index (κ1) is 22.0. The van der Waals surface area contributed by atoms with Gasteiger partial charge in [0.15, 0.2) is 0 Å². The Morgan fingerprint density at radius 3 is 2.38 bits per heavy atom. The van der Waals surface area contributed by atoms with E-state index < -0.39 is 23.9 Å². The Morgan fingerprint density at radius 1 is 1.17 bits per heavy atom. The summed E-state index contributed by atoms with van der Waals surface area (Å²) >= 11 is 0. The fourth-order valence-electron chi connectivity index (χ4n) is 3.79. The molecule has 160 valence electrons. The molecule has 29 heavy (non-hydrogen) atoms. The molecule has 2 aliphatic heterocycles. The van der Waals surface area contributed by atoms with Crippen molar-refractivity contribution in [3.05, 3.63) is 23.8 Å². The Labute approximate surface area is 175 Å². The number of nitrogen functional groups attached to an aromatic ring is 1. The number of hydrogen-bond acceptors (Lipinski definition) is 5. The van der Waals surface area contributed by atoms with Gasteiger partial charge in [-0.15, -0.1) is 0 Å². The maximum Gasteiger partial charge on any atom is 0.494 e. The van der Waals surface area contributed by atoms with Gasteiger partial charge in [0.2, 0.25) is 0 Å². The van der Waals surface area contributed by atoms with Gasteiger partial charge in [-0.05, 0) is 84.5 Å². The van der Waals surface area contributed by atoms with Crippen molar-refractivity contribution in [2.45, 2.75) is 84.0 Å². The van der Waals surface area contributed by atoms with Gasteiger partial charge in [0.1, 0.15) is 5.60 Å². The lowest BCUT2D eigenvalue weighted by Gasteiger charge is -2.34. The number of likely N-dealkylation sites (tertiary alicyclic amines) is 1. The van der Waals surface area contributed by atoms with Crippen LogP contribution in [0.5, 0.6) is 0 Å². The van der Waals surface area contributed by atoms with Gasteiger partial charge in [0.05, 0.1) is 11.2 Å². The first-order valence-electron chi connectivity index (χ1n) is 10.5. The summed E-state index contributed by atoms with van der Waals surface area (Å²) in [6.45, 7) is 15.2. The molecule has 2 fully saturated rings. The van der Waals surface area contributed by atoms with Gasteiger partial charge in [-0.1, -0.05) is 6.07 Å². The SMILES string of the molecule is CC(C)(C)OC(=O)N1CCCC(c2cc(N)cc(B3OC(C)(C)C(C)(C)O3)c2)C1. The van der Waals surface area contributed by atoms with Crippen LogP contribution in [0.1, 0.15) is 72.8 Å². The van der Waals surface area contributed by atoms with Crippen LogP contribution < -0.4 is 11.2 Å². The summed E-state index contributed by atoms with van der Waals surface area (Å²) in [4.78, 5) is 14.3. The molecule has 2 saturated heterocycles. The van der Waals surface area contributed by atoms with E-state index in [1.165, 1.54) is 0 Å². The minimum atomic E-state index is -0.495. The largest absolute Gasteiger partial charge is 0.494 e. The van der Waals surface area contributed by atoms with Crippen LogP contribution in [0.3, 0.4) is 0 Å². The van der Waals surface area contributed by atoms with Crippen molar-refractivity contribution in [3.8, 4) is 0 Å². The average Bonchev–Trinajstić information content (AvgIpc) is 2.81. The van der Waals surface area contributed by atoms with Gasteiger partial charge in [-0.25, -0.2) is 4.79 Å². The number of anilines is 1. The van der Waals surface area contributed by atoms with Crippen LogP contribution in [-0.2, 0) is 14.0 Å². The van der Waals surface area contributed by atoms with Crippen LogP contribution in [0.25, 0.3) is 0 Å². The minimum absolute atomic E-state index is 0.209. The molecule has 2 heterocycles. The van der Waals surface area contributed by atoms with Gasteiger partial charge in [0, 0.05) is 24.7 Å². The highest BCUT2D eigenvalue weighted by Gasteiger charge is 2.51. The number of rotatable bonds is 2. The van der Waals surface area contributed by atoms with E-state index in [0.29, 0.717) is 12.2 Å². The van der Waals surface area contributed by atoms with Crippen LogP contribution in [0.15, 0.2) is 18.2 Å². The molecule has 6 nitrogen and oxygen atoms in total. The summed E-state index contributed by atoms with van der Waals surface area (Å²) in [6, 6.07) is 6.03. The number of piperidine rings is 1. The zero-order valence-corrected chi connectivity index (χ0v) is 18.9. The van der Waals surface area contributed by atoms with Crippen LogP contribution >= 0.6 is 0 Å². The van der Waals surface area contributed by atoms with Crippen molar-refractivity contribution in [1.29, 1.82) is 0 Å². The second kappa shape index (κ2) is 7.51. The second-order valence-electron chi connectivity index (χ2n) is 10.3. The molecule has 0 aromatic heterocycles. The quantitative estimate of drug-likeness (QED) is 0.604. The molecule has 1 aromatic rings. The molecular formula is C22H35BN2O4. The molecule has 7 heteroatoms. The highest BCUT2D eigenvalue weighted by atomic mass is 16.7. The molecule has 1 unspecified atom stereocenters. The summed E-state index contributed by atoms with van der Waals surface area (Å²) in [6.07, 6.45) is 1.69. The molecule has 0 spiro atoms. The van der Waals surface area contributed by atoms with E-state index in [1.807, 2.05) is 60.6 Å². The molecule has 0 bridgehead atoms. The Morgan fingerprint density at radius 2 is 1.79 bits per heavy atom. The highest BCUT2D eigenvalue weighted by Crippen LogP contribution is 2.37. The molecule has 0 radical (unpaired) electrons. The van der Waals surface area contributed by atoms with Crippen LogP contribution in [-0.4, -0.2) is 48.0 Å². The number of ether oxygens (including phenoxy) is 1. The number of benzene rings is 1. The Bertz CT molecular complexity index is 757. The van der Waals surface area contributed by atoms with E-state index in [2.05, 4.69) is 6.07 Å². The third-order valence-electron chi connectivity index (χ3n) is 6.07. The number of carbonyl (C=O) groups is 1. The highest BCUT2D eigenvalue weighted by molar-refractivity contribution is 6.62. The van der Waals surface area contributed by atoms with Crippen LogP contribution in [0.4, 0.5) is 10.5 Å². The predicted octanol–water partition coefficient (Wildman–Crippen LogP) is 3.68. The van der Waals surface area contributed by atoms with Gasteiger partial charge in [0.25, 0.3) is 0 Å². The monoisotopic (exact) mass is 402 g/mol. The first-order chi connectivity index (χ1) is 13.3. The topological polar surface area (TPSA) is 74.0 Å². The summed E-state index contributed by atoms with van der Waals surface area (Å²) < 4.78 is 18.0. The summed E-state index contributed by atoms with van der Waals surface area (Å²) in [7, 11) is -0.451. The lowest BCUT2D eigenvalue weighted by Crippen LogP contribution is -2.42. The molecule has 1 aromatic carbocycles. The summed E-state index contributed by atoms with van der Waals surface area (Å²) in [5.41, 5.74) is 7.65. The zero-order valence-electron chi connectivity index (χ0n) is 18.9. The fourth-order valence-corrected chi connectivity index (χ4v) is 3.79. The summed E-state index contributed by atoms with van der Waals surface area (Å²) in [5.74, 6) is 0.209. The van der Waals surface area contributed by atoms with E-state index >= 15 is 0 Å². The number of nitrogens with two attached hydrogens (primary N) is 1. The van der Waals surface area contributed by atoms with E-state index in [9.17, 15) is 4.79 Å². The van der Waals surface area contributed by atoms with E-state index in [0.717, 1.165) is 30.4 Å². The third-order valence-corrected chi connectivity index (χ3v) is 6.07. The maximum atomic E-state index is 12.5. The number of amides is 1. The van der Waals surface area contributed by atoms with Crippen molar-refractivity contribution in [1.82, 2.24) is 4.90 Å². The number of carbonyl (C=O) groups excluding carboxylic acids is 1. The Kier molecular flexibility index (Phi) is 5.69. The van der Waals surface area contributed by atoms with Crippen molar-refractivity contribution >= 4 is 24.4 Å². The lowest BCUT2D eigenvalue weighted by molar-refractivity contribution is 0.00578. The Hall–Kier alpha value is -1.73. The van der Waals surface area contributed by atoms with Gasteiger partial charge >= 0.3 is 13.2 Å². The van der Waals surface area contributed by atoms with E-state index in [-0.39, 0.29) is 12.0 Å². The average molecular weight is 402 g/mol. The molecule has 0 aliphatic carbocycles. The van der Waals surface area contributed by atoms with Crippen LogP contribution in [0, 0.1) is 0 Å². The van der Waals surface area contributed by atoms with Gasteiger partial charge < -0.3 is 24.7 Å². The standard InChI is InChI=1S/C22H35BN2O4/c1-20(2,3)27-19(26)25-10-8-9-15(14-25)16-11-17(13-18(24)12-16)23-28-21(4,5)22(6,7)29-23/h11-13,15H,8-10,14,24H2,1-7H3. The minimum Gasteiger partial charge on any atom is -0.444 e. The van der Waals surface area contributed by atoms with E-state index in [4.69, 9.17) is 19.8 Å². The molecule has 1 atom stereocenters. The number of hydrogen-bond donors (Lipinski definition) is 1. The first-order valence-corrected chi connectivity index (χ1v) is 10.5. The van der Waals surface area contributed by atoms with Crippen molar-refractivity contribution in [2.24, 2.45) is 0 Å².